The SMILES string of the molecule is CC=CC=CCC(CC)C(O)C1CC(C)(C)CC[N+](C)(CC(C)C)C1. The van der Waals surface area contributed by atoms with Gasteiger partial charge in [0, 0.05) is 18.3 Å². The van der Waals surface area contributed by atoms with Crippen molar-refractivity contribution in [2.75, 3.05) is 26.7 Å². The highest BCUT2D eigenvalue weighted by Crippen LogP contribution is 2.39. The summed E-state index contributed by atoms with van der Waals surface area (Å²) >= 11 is 0. The Bertz CT molecular complexity index is 437. The van der Waals surface area contributed by atoms with Crippen LogP contribution in [-0.4, -0.2) is 42.4 Å². The van der Waals surface area contributed by atoms with E-state index >= 15 is 0 Å². The van der Waals surface area contributed by atoms with Gasteiger partial charge in [0.15, 0.2) is 0 Å². The molecule has 0 aromatic rings. The molecule has 0 aliphatic carbocycles. The third-order valence-corrected chi connectivity index (χ3v) is 5.99. The van der Waals surface area contributed by atoms with Crippen molar-refractivity contribution in [1.29, 1.82) is 0 Å². The molecule has 1 aliphatic heterocycles. The second kappa shape index (κ2) is 9.92. The Morgan fingerprint density at radius 3 is 2.48 bits per heavy atom. The Morgan fingerprint density at radius 2 is 1.92 bits per heavy atom. The van der Waals surface area contributed by atoms with Crippen molar-refractivity contribution in [3.8, 4) is 0 Å². The maximum absolute atomic E-state index is 11.3. The zero-order valence-electron chi connectivity index (χ0n) is 18.0. The first-order chi connectivity index (χ1) is 11.6. The molecule has 4 atom stereocenters. The van der Waals surface area contributed by atoms with Crippen molar-refractivity contribution in [3.63, 3.8) is 0 Å². The van der Waals surface area contributed by atoms with Crippen molar-refractivity contribution in [2.45, 2.75) is 73.3 Å². The highest BCUT2D eigenvalue weighted by molar-refractivity contribution is 5.02. The van der Waals surface area contributed by atoms with Gasteiger partial charge in [0.2, 0.25) is 0 Å². The van der Waals surface area contributed by atoms with Crippen LogP contribution in [0.25, 0.3) is 0 Å². The van der Waals surface area contributed by atoms with Gasteiger partial charge in [0.1, 0.15) is 0 Å². The molecule has 1 fully saturated rings. The molecule has 1 aliphatic rings. The van der Waals surface area contributed by atoms with Gasteiger partial charge in [-0.05, 0) is 31.1 Å². The van der Waals surface area contributed by atoms with Crippen molar-refractivity contribution in [1.82, 2.24) is 0 Å². The zero-order valence-corrected chi connectivity index (χ0v) is 18.0. The number of rotatable bonds is 8. The Hall–Kier alpha value is -0.600. The first-order valence-corrected chi connectivity index (χ1v) is 10.4. The summed E-state index contributed by atoms with van der Waals surface area (Å²) in [7, 11) is 2.41. The van der Waals surface area contributed by atoms with Crippen LogP contribution in [0.1, 0.15) is 67.2 Å². The summed E-state index contributed by atoms with van der Waals surface area (Å²) in [6, 6.07) is 0. The lowest BCUT2D eigenvalue weighted by molar-refractivity contribution is -0.915. The Balaban J connectivity index is 2.91. The van der Waals surface area contributed by atoms with E-state index in [1.165, 1.54) is 19.5 Å². The lowest BCUT2D eigenvalue weighted by Gasteiger charge is -2.39. The second-order valence-electron chi connectivity index (χ2n) is 9.83. The molecule has 2 nitrogen and oxygen atoms in total. The summed E-state index contributed by atoms with van der Waals surface area (Å²) in [6.45, 7) is 17.3. The van der Waals surface area contributed by atoms with Crippen LogP contribution in [0, 0.1) is 23.2 Å². The summed E-state index contributed by atoms with van der Waals surface area (Å²) in [4.78, 5) is 0. The first-order valence-electron chi connectivity index (χ1n) is 10.4. The van der Waals surface area contributed by atoms with Crippen LogP contribution in [0.3, 0.4) is 0 Å². The summed E-state index contributed by atoms with van der Waals surface area (Å²) in [5.41, 5.74) is 0.331. The van der Waals surface area contributed by atoms with Crippen molar-refractivity contribution < 1.29 is 9.59 Å². The molecule has 0 radical (unpaired) electrons. The van der Waals surface area contributed by atoms with Crippen LogP contribution < -0.4 is 0 Å². The molecule has 0 spiro atoms. The van der Waals surface area contributed by atoms with Crippen LogP contribution in [-0.2, 0) is 0 Å². The summed E-state index contributed by atoms with van der Waals surface area (Å²) in [5.74, 6) is 1.48. The fourth-order valence-corrected chi connectivity index (χ4v) is 4.76. The predicted octanol–water partition coefficient (Wildman–Crippen LogP) is 5.43. The predicted molar refractivity (Wildman–Crippen MR) is 110 cm³/mol. The van der Waals surface area contributed by atoms with Gasteiger partial charge < -0.3 is 9.59 Å². The largest absolute Gasteiger partial charge is 0.392 e. The smallest absolute Gasteiger partial charge is 0.0838 e. The van der Waals surface area contributed by atoms with Gasteiger partial charge >= 0.3 is 0 Å². The first kappa shape index (κ1) is 22.4. The van der Waals surface area contributed by atoms with Crippen LogP contribution in [0.5, 0.6) is 0 Å². The quantitative estimate of drug-likeness (QED) is 0.457. The van der Waals surface area contributed by atoms with Gasteiger partial charge in [0.25, 0.3) is 0 Å². The maximum atomic E-state index is 11.3. The monoisotopic (exact) mass is 350 g/mol. The van der Waals surface area contributed by atoms with Gasteiger partial charge in [-0.1, -0.05) is 65.3 Å². The van der Waals surface area contributed by atoms with E-state index in [4.69, 9.17) is 0 Å². The lowest BCUT2D eigenvalue weighted by atomic mass is 9.76. The number of quaternary nitrogens is 1. The van der Waals surface area contributed by atoms with E-state index in [-0.39, 0.29) is 6.10 Å². The maximum Gasteiger partial charge on any atom is 0.0838 e. The van der Waals surface area contributed by atoms with Gasteiger partial charge in [-0.3, -0.25) is 0 Å². The molecule has 0 saturated carbocycles. The zero-order chi connectivity index (χ0) is 19.1. The molecule has 0 aromatic heterocycles. The molecular formula is C23H44NO+. The van der Waals surface area contributed by atoms with Gasteiger partial charge in [-0.25, -0.2) is 0 Å². The van der Waals surface area contributed by atoms with Crippen molar-refractivity contribution in [2.24, 2.45) is 23.2 Å². The minimum atomic E-state index is -0.192. The average molecular weight is 351 g/mol. The lowest BCUT2D eigenvalue weighted by Crippen LogP contribution is -2.51. The molecule has 0 amide bonds. The average Bonchev–Trinajstić information content (AvgIpc) is 2.62. The minimum Gasteiger partial charge on any atom is -0.392 e. The molecule has 1 rings (SSSR count). The highest BCUT2D eigenvalue weighted by atomic mass is 16.3. The number of hydrogen-bond donors (Lipinski definition) is 1. The fourth-order valence-electron chi connectivity index (χ4n) is 4.76. The Labute approximate surface area is 157 Å². The van der Waals surface area contributed by atoms with Crippen LogP contribution in [0.2, 0.25) is 0 Å². The normalized spacial score (nSPS) is 30.0. The number of nitrogens with zero attached hydrogens (tertiary/aromatic N) is 1. The van der Waals surface area contributed by atoms with Crippen molar-refractivity contribution in [3.05, 3.63) is 24.3 Å². The molecular weight excluding hydrogens is 306 g/mol. The summed E-state index contributed by atoms with van der Waals surface area (Å²) < 4.78 is 1.12. The van der Waals surface area contributed by atoms with Gasteiger partial charge in [-0.2, -0.15) is 0 Å². The molecule has 25 heavy (non-hydrogen) atoms. The molecule has 4 unspecified atom stereocenters. The van der Waals surface area contributed by atoms with E-state index < -0.39 is 0 Å². The molecule has 1 heterocycles. The third-order valence-electron chi connectivity index (χ3n) is 5.99. The van der Waals surface area contributed by atoms with Crippen LogP contribution in [0.15, 0.2) is 24.3 Å². The third kappa shape index (κ3) is 7.66. The van der Waals surface area contributed by atoms with E-state index in [1.807, 2.05) is 6.92 Å². The molecule has 0 aromatic carbocycles. The molecule has 2 heteroatoms. The van der Waals surface area contributed by atoms with Gasteiger partial charge in [-0.15, -0.1) is 0 Å². The second-order valence-corrected chi connectivity index (χ2v) is 9.83. The number of likely N-dealkylation sites (tertiary alicyclic amines) is 1. The molecule has 1 N–H and O–H groups in total. The van der Waals surface area contributed by atoms with Crippen LogP contribution >= 0.6 is 0 Å². The fraction of sp³-hybridized carbons (Fsp3) is 0.826. The van der Waals surface area contributed by atoms with E-state index in [2.05, 4.69) is 66.0 Å². The van der Waals surface area contributed by atoms with Crippen molar-refractivity contribution >= 4 is 0 Å². The Kier molecular flexibility index (Phi) is 8.91. The number of aliphatic hydroxyl groups excluding tert-OH is 1. The van der Waals surface area contributed by atoms with E-state index in [0.29, 0.717) is 23.2 Å². The minimum absolute atomic E-state index is 0.192. The van der Waals surface area contributed by atoms with E-state index in [9.17, 15) is 5.11 Å². The van der Waals surface area contributed by atoms with E-state index in [0.717, 1.165) is 30.3 Å². The topological polar surface area (TPSA) is 20.2 Å². The molecule has 0 bridgehead atoms. The summed E-state index contributed by atoms with van der Waals surface area (Å²) in [6.07, 6.45) is 12.7. The summed E-state index contributed by atoms with van der Waals surface area (Å²) in [5, 5.41) is 11.3. The standard InChI is InChI=1S/C23H44NO/c1-8-10-11-12-13-20(9-2)22(25)21-16-23(5,6)14-15-24(7,18-21)17-19(3)4/h8,10-12,19-22,25H,9,13-18H2,1-7H3/q+1. The molecule has 146 valence electrons. The Morgan fingerprint density at radius 1 is 1.24 bits per heavy atom. The van der Waals surface area contributed by atoms with Gasteiger partial charge in [0.05, 0.1) is 32.8 Å². The van der Waals surface area contributed by atoms with E-state index in [1.54, 1.807) is 0 Å². The number of allylic oxidation sites excluding steroid dienone is 4. The number of hydrogen-bond acceptors (Lipinski definition) is 1. The van der Waals surface area contributed by atoms with Crippen LogP contribution in [0.4, 0.5) is 0 Å². The number of aliphatic hydroxyl groups is 1. The highest BCUT2D eigenvalue weighted by Gasteiger charge is 2.41. The molecule has 1 saturated heterocycles.